The Morgan fingerprint density at radius 1 is 1.07 bits per heavy atom. The second-order valence-corrected chi connectivity index (χ2v) is 9.42. The monoisotopic (exact) mass is 374 g/mol. The molecule has 1 aliphatic heterocycles. The Morgan fingerprint density at radius 3 is 2.22 bits per heavy atom. The van der Waals surface area contributed by atoms with Crippen LogP contribution in [0.25, 0.3) is 0 Å². The van der Waals surface area contributed by atoms with Crippen LogP contribution in [0.1, 0.15) is 59.9 Å². The molecule has 1 N–H and O–H groups in total. The zero-order valence-electron chi connectivity index (χ0n) is 17.6. The molecule has 2 rings (SSSR count). The molecule has 0 spiro atoms. The summed E-state index contributed by atoms with van der Waals surface area (Å²) in [6, 6.07) is 7.95. The first kappa shape index (κ1) is 21.3. The van der Waals surface area contributed by atoms with Crippen LogP contribution in [-0.4, -0.2) is 42.5 Å². The van der Waals surface area contributed by atoms with E-state index in [1.54, 1.807) is 0 Å². The molecule has 1 aliphatic rings. The van der Waals surface area contributed by atoms with Crippen molar-refractivity contribution in [3.05, 3.63) is 29.8 Å². The highest BCUT2D eigenvalue weighted by atomic mass is 16.5. The molecule has 0 aromatic heterocycles. The average Bonchev–Trinajstić information content (AvgIpc) is 2.58. The number of piperidine rings is 1. The Balaban J connectivity index is 1.82. The summed E-state index contributed by atoms with van der Waals surface area (Å²) in [5.74, 6) is 0.819. The largest absolute Gasteiger partial charge is 0.483 e. The summed E-state index contributed by atoms with van der Waals surface area (Å²) >= 11 is 0. The summed E-state index contributed by atoms with van der Waals surface area (Å²) in [4.78, 5) is 26.5. The molecule has 1 heterocycles. The standard InChI is InChI=1S/C22H34N2O3/c1-21(2,3)17-9-7-8-10-18(17)27-15-19(25)23-16-11-13-24(14-12-16)20(26)22(4,5)6/h7-10,16H,11-15H2,1-6H3,(H,23,25). The van der Waals surface area contributed by atoms with E-state index < -0.39 is 0 Å². The molecule has 0 atom stereocenters. The fourth-order valence-corrected chi connectivity index (χ4v) is 3.33. The normalized spacial score (nSPS) is 16.1. The van der Waals surface area contributed by atoms with Gasteiger partial charge in [-0.15, -0.1) is 0 Å². The summed E-state index contributed by atoms with van der Waals surface area (Å²) in [5.41, 5.74) is 0.691. The predicted octanol–water partition coefficient (Wildman–Crippen LogP) is 3.52. The van der Waals surface area contributed by atoms with Crippen molar-refractivity contribution < 1.29 is 14.3 Å². The maximum absolute atomic E-state index is 12.3. The zero-order valence-corrected chi connectivity index (χ0v) is 17.6. The minimum Gasteiger partial charge on any atom is -0.483 e. The van der Waals surface area contributed by atoms with E-state index in [4.69, 9.17) is 4.74 Å². The molecule has 0 unspecified atom stereocenters. The molecule has 27 heavy (non-hydrogen) atoms. The number of ether oxygens (including phenoxy) is 1. The number of amides is 2. The third-order valence-corrected chi connectivity index (χ3v) is 4.84. The van der Waals surface area contributed by atoms with Crippen LogP contribution in [0.2, 0.25) is 0 Å². The number of likely N-dealkylation sites (tertiary alicyclic amines) is 1. The van der Waals surface area contributed by atoms with Gasteiger partial charge in [0.15, 0.2) is 6.61 Å². The molecule has 5 heteroatoms. The van der Waals surface area contributed by atoms with Crippen LogP contribution in [0.4, 0.5) is 0 Å². The molecule has 150 valence electrons. The van der Waals surface area contributed by atoms with Gasteiger partial charge in [0.25, 0.3) is 5.91 Å². The van der Waals surface area contributed by atoms with E-state index >= 15 is 0 Å². The highest BCUT2D eigenvalue weighted by molar-refractivity contribution is 5.81. The van der Waals surface area contributed by atoms with E-state index in [0.717, 1.165) is 24.2 Å². The number of nitrogens with one attached hydrogen (secondary N) is 1. The van der Waals surface area contributed by atoms with Crippen LogP contribution in [0.5, 0.6) is 5.75 Å². The fourth-order valence-electron chi connectivity index (χ4n) is 3.33. The van der Waals surface area contributed by atoms with Gasteiger partial charge in [-0.3, -0.25) is 9.59 Å². The Bertz CT molecular complexity index is 663. The minimum absolute atomic E-state index is 0.00816. The van der Waals surface area contributed by atoms with Gasteiger partial charge in [0.05, 0.1) is 0 Å². The van der Waals surface area contributed by atoms with Gasteiger partial charge in [0.1, 0.15) is 5.75 Å². The van der Waals surface area contributed by atoms with Gasteiger partial charge in [0.2, 0.25) is 5.91 Å². The zero-order chi connectivity index (χ0) is 20.2. The maximum Gasteiger partial charge on any atom is 0.258 e. The fraction of sp³-hybridized carbons (Fsp3) is 0.636. The van der Waals surface area contributed by atoms with E-state index in [-0.39, 0.29) is 35.3 Å². The van der Waals surface area contributed by atoms with Gasteiger partial charge in [-0.25, -0.2) is 0 Å². The molecule has 1 saturated heterocycles. The number of hydrogen-bond acceptors (Lipinski definition) is 3. The van der Waals surface area contributed by atoms with Gasteiger partial charge in [-0.1, -0.05) is 59.7 Å². The number of benzene rings is 1. The van der Waals surface area contributed by atoms with Gasteiger partial charge in [-0.2, -0.15) is 0 Å². The van der Waals surface area contributed by atoms with E-state index in [9.17, 15) is 9.59 Å². The van der Waals surface area contributed by atoms with Crippen molar-refractivity contribution in [2.75, 3.05) is 19.7 Å². The highest BCUT2D eigenvalue weighted by Crippen LogP contribution is 2.30. The van der Waals surface area contributed by atoms with Gasteiger partial charge < -0.3 is 15.0 Å². The highest BCUT2D eigenvalue weighted by Gasteiger charge is 2.30. The first-order valence-corrected chi connectivity index (χ1v) is 9.79. The van der Waals surface area contributed by atoms with Crippen molar-refractivity contribution in [3.8, 4) is 5.75 Å². The quantitative estimate of drug-likeness (QED) is 0.877. The van der Waals surface area contributed by atoms with Crippen molar-refractivity contribution in [1.82, 2.24) is 10.2 Å². The lowest BCUT2D eigenvalue weighted by Gasteiger charge is -2.36. The van der Waals surface area contributed by atoms with E-state index in [0.29, 0.717) is 13.1 Å². The topological polar surface area (TPSA) is 58.6 Å². The number of carbonyl (C=O) groups excluding carboxylic acids is 2. The van der Waals surface area contributed by atoms with Crippen LogP contribution >= 0.6 is 0 Å². The van der Waals surface area contributed by atoms with Crippen molar-refractivity contribution in [3.63, 3.8) is 0 Å². The third-order valence-electron chi connectivity index (χ3n) is 4.84. The lowest BCUT2D eigenvalue weighted by Crippen LogP contribution is -2.49. The number of carbonyl (C=O) groups is 2. The predicted molar refractivity (Wildman–Crippen MR) is 108 cm³/mol. The molecule has 5 nitrogen and oxygen atoms in total. The lowest BCUT2D eigenvalue weighted by atomic mass is 9.86. The Hall–Kier alpha value is -2.04. The summed E-state index contributed by atoms with van der Waals surface area (Å²) in [6.45, 7) is 13.6. The van der Waals surface area contributed by atoms with Crippen LogP contribution in [0, 0.1) is 5.41 Å². The smallest absolute Gasteiger partial charge is 0.258 e. The Labute approximate surface area is 163 Å². The second-order valence-electron chi connectivity index (χ2n) is 9.42. The maximum atomic E-state index is 12.3. The Morgan fingerprint density at radius 2 is 1.67 bits per heavy atom. The average molecular weight is 375 g/mol. The molecular formula is C22H34N2O3. The summed E-state index contributed by atoms with van der Waals surface area (Å²) in [6.07, 6.45) is 1.57. The van der Waals surface area contributed by atoms with Crippen LogP contribution in [0.15, 0.2) is 24.3 Å². The summed E-state index contributed by atoms with van der Waals surface area (Å²) < 4.78 is 5.79. The van der Waals surface area contributed by atoms with E-state index in [2.05, 4.69) is 26.1 Å². The molecule has 2 amide bonds. The van der Waals surface area contributed by atoms with Crippen LogP contribution < -0.4 is 10.1 Å². The molecule has 0 saturated carbocycles. The number of nitrogens with zero attached hydrogens (tertiary/aromatic N) is 1. The minimum atomic E-state index is -0.357. The molecular weight excluding hydrogens is 340 g/mol. The first-order valence-electron chi connectivity index (χ1n) is 9.79. The summed E-state index contributed by atoms with van der Waals surface area (Å²) in [5, 5.41) is 3.04. The Kier molecular flexibility index (Phi) is 6.55. The molecule has 0 aliphatic carbocycles. The molecule has 1 aromatic carbocycles. The molecule has 1 fully saturated rings. The summed E-state index contributed by atoms with van der Waals surface area (Å²) in [7, 11) is 0. The van der Waals surface area contributed by atoms with Crippen LogP contribution in [0.3, 0.4) is 0 Å². The molecule has 1 aromatic rings. The van der Waals surface area contributed by atoms with Crippen molar-refractivity contribution in [1.29, 1.82) is 0 Å². The number of para-hydroxylation sites is 1. The second kappa shape index (κ2) is 8.32. The van der Waals surface area contributed by atoms with E-state index in [1.165, 1.54) is 0 Å². The third kappa shape index (κ3) is 5.98. The van der Waals surface area contributed by atoms with E-state index in [1.807, 2.05) is 49.9 Å². The number of rotatable bonds is 4. The van der Waals surface area contributed by atoms with Gasteiger partial charge in [0, 0.05) is 24.5 Å². The van der Waals surface area contributed by atoms with Crippen molar-refractivity contribution in [2.24, 2.45) is 5.41 Å². The SMILES string of the molecule is CC(C)(C)C(=O)N1CCC(NC(=O)COc2ccccc2C(C)(C)C)CC1. The van der Waals surface area contributed by atoms with Crippen molar-refractivity contribution in [2.45, 2.75) is 65.8 Å². The molecule has 0 bridgehead atoms. The van der Waals surface area contributed by atoms with Crippen LogP contribution in [-0.2, 0) is 15.0 Å². The first-order chi connectivity index (χ1) is 12.5. The van der Waals surface area contributed by atoms with Crippen molar-refractivity contribution >= 4 is 11.8 Å². The lowest BCUT2D eigenvalue weighted by molar-refractivity contribution is -0.140. The van der Waals surface area contributed by atoms with Gasteiger partial charge >= 0.3 is 0 Å². The van der Waals surface area contributed by atoms with Gasteiger partial charge in [-0.05, 0) is 29.9 Å². The number of hydrogen-bond donors (Lipinski definition) is 1. The molecule has 0 radical (unpaired) electrons.